The Morgan fingerprint density at radius 1 is 1.40 bits per heavy atom. The van der Waals surface area contributed by atoms with Gasteiger partial charge >= 0.3 is 0 Å². The third kappa shape index (κ3) is 1.55. The van der Waals surface area contributed by atoms with Crippen LogP contribution in [-0.4, -0.2) is 4.57 Å². The van der Waals surface area contributed by atoms with Gasteiger partial charge in [-0.2, -0.15) is 0 Å². The zero-order valence-electron chi connectivity index (χ0n) is 8.33. The van der Waals surface area contributed by atoms with E-state index in [1.807, 2.05) is 25.1 Å². The number of benzene rings is 1. The second-order valence-corrected chi connectivity index (χ2v) is 4.19. The van der Waals surface area contributed by atoms with Crippen LogP contribution in [0.3, 0.4) is 0 Å². The van der Waals surface area contributed by atoms with E-state index in [1.165, 1.54) is 0 Å². The molecular formula is C11H11BrN2O. The predicted molar refractivity (Wildman–Crippen MR) is 66.0 cm³/mol. The number of anilines is 1. The van der Waals surface area contributed by atoms with Gasteiger partial charge in [-0.25, -0.2) is 0 Å². The molecule has 3 nitrogen and oxygen atoms in total. The molecule has 0 spiro atoms. The topological polar surface area (TPSA) is 48.0 Å². The molecule has 0 saturated carbocycles. The van der Waals surface area contributed by atoms with E-state index in [0.29, 0.717) is 17.6 Å². The van der Waals surface area contributed by atoms with Gasteiger partial charge in [0.15, 0.2) is 0 Å². The quantitative estimate of drug-likeness (QED) is 0.806. The minimum absolute atomic E-state index is 0.0335. The molecule has 0 aliphatic rings. The number of fused-ring (bicyclic) bond motifs is 1. The molecule has 1 aromatic heterocycles. The summed E-state index contributed by atoms with van der Waals surface area (Å²) in [6.45, 7) is 2.59. The normalized spacial score (nSPS) is 10.8. The van der Waals surface area contributed by atoms with Gasteiger partial charge in [0.2, 0.25) is 0 Å². The van der Waals surface area contributed by atoms with Gasteiger partial charge in [0, 0.05) is 17.2 Å². The summed E-state index contributed by atoms with van der Waals surface area (Å²) in [6.07, 6.45) is 1.79. The molecule has 78 valence electrons. The van der Waals surface area contributed by atoms with Crippen LogP contribution in [0.5, 0.6) is 0 Å². The zero-order chi connectivity index (χ0) is 11.0. The number of pyridine rings is 1. The summed E-state index contributed by atoms with van der Waals surface area (Å²) in [7, 11) is 0. The van der Waals surface area contributed by atoms with Crippen LogP contribution in [-0.2, 0) is 6.54 Å². The summed E-state index contributed by atoms with van der Waals surface area (Å²) < 4.78 is 2.41. The van der Waals surface area contributed by atoms with Crippen molar-refractivity contribution in [2.75, 3.05) is 5.73 Å². The van der Waals surface area contributed by atoms with E-state index in [4.69, 9.17) is 5.73 Å². The highest BCUT2D eigenvalue weighted by atomic mass is 79.9. The number of nitrogens with two attached hydrogens (primary N) is 1. The van der Waals surface area contributed by atoms with E-state index in [9.17, 15) is 4.79 Å². The summed E-state index contributed by atoms with van der Waals surface area (Å²) in [5.41, 5.74) is 6.36. The number of nitrogens with zero attached hydrogens (tertiary/aromatic N) is 1. The fourth-order valence-corrected chi connectivity index (χ4v) is 1.95. The SMILES string of the molecule is CCn1ccc2ccc(Br)c(N)c2c1=O. The van der Waals surface area contributed by atoms with Crippen LogP contribution in [0.15, 0.2) is 33.7 Å². The predicted octanol–water partition coefficient (Wildman–Crippen LogP) is 2.37. The third-order valence-corrected chi connectivity index (χ3v) is 3.17. The molecule has 0 unspecified atom stereocenters. The molecule has 2 rings (SSSR count). The van der Waals surface area contributed by atoms with E-state index in [1.54, 1.807) is 10.8 Å². The van der Waals surface area contributed by atoms with Crippen LogP contribution in [0.25, 0.3) is 10.8 Å². The first kappa shape index (κ1) is 10.2. The molecule has 2 aromatic rings. The fraction of sp³-hybridized carbons (Fsp3) is 0.182. The maximum Gasteiger partial charge on any atom is 0.260 e. The highest BCUT2D eigenvalue weighted by Gasteiger charge is 2.07. The Morgan fingerprint density at radius 3 is 2.80 bits per heavy atom. The Balaban J connectivity index is 2.96. The molecule has 0 saturated heterocycles. The largest absolute Gasteiger partial charge is 0.397 e. The van der Waals surface area contributed by atoms with Crippen molar-refractivity contribution in [1.29, 1.82) is 0 Å². The summed E-state index contributed by atoms with van der Waals surface area (Å²) in [4.78, 5) is 12.0. The molecule has 15 heavy (non-hydrogen) atoms. The number of rotatable bonds is 1. The average molecular weight is 267 g/mol. The van der Waals surface area contributed by atoms with Gasteiger partial charge in [0.1, 0.15) is 0 Å². The fourth-order valence-electron chi connectivity index (χ4n) is 1.62. The Kier molecular flexibility index (Phi) is 2.52. The van der Waals surface area contributed by atoms with Gasteiger partial charge < -0.3 is 10.3 Å². The van der Waals surface area contributed by atoms with Crippen LogP contribution in [0.2, 0.25) is 0 Å². The summed E-state index contributed by atoms with van der Waals surface area (Å²) in [6, 6.07) is 5.65. The molecule has 0 aliphatic heterocycles. The molecular weight excluding hydrogens is 256 g/mol. The second kappa shape index (κ2) is 3.70. The number of halogens is 1. The van der Waals surface area contributed by atoms with Crippen LogP contribution in [0, 0.1) is 0 Å². The van der Waals surface area contributed by atoms with Crippen LogP contribution in [0.1, 0.15) is 6.92 Å². The monoisotopic (exact) mass is 266 g/mol. The smallest absolute Gasteiger partial charge is 0.260 e. The van der Waals surface area contributed by atoms with Crippen molar-refractivity contribution in [3.63, 3.8) is 0 Å². The van der Waals surface area contributed by atoms with Gasteiger partial charge in [0.05, 0.1) is 11.1 Å². The first-order valence-electron chi connectivity index (χ1n) is 4.72. The molecule has 0 atom stereocenters. The Hall–Kier alpha value is -1.29. The first-order valence-corrected chi connectivity index (χ1v) is 5.51. The second-order valence-electron chi connectivity index (χ2n) is 3.33. The summed E-state index contributed by atoms with van der Waals surface area (Å²) in [5.74, 6) is 0. The van der Waals surface area contributed by atoms with Crippen molar-refractivity contribution in [1.82, 2.24) is 4.57 Å². The number of hydrogen-bond donors (Lipinski definition) is 1. The lowest BCUT2D eigenvalue weighted by Gasteiger charge is -2.07. The Labute approximate surface area is 95.6 Å². The van der Waals surface area contributed by atoms with Gasteiger partial charge in [-0.3, -0.25) is 4.79 Å². The minimum atomic E-state index is -0.0335. The highest BCUT2D eigenvalue weighted by molar-refractivity contribution is 9.10. The van der Waals surface area contributed by atoms with Crippen LogP contribution in [0.4, 0.5) is 5.69 Å². The standard InChI is InChI=1S/C11H11BrN2O/c1-2-14-6-5-7-3-4-8(12)10(13)9(7)11(14)15/h3-6H,2,13H2,1H3. The van der Waals surface area contributed by atoms with E-state index >= 15 is 0 Å². The molecule has 1 heterocycles. The van der Waals surface area contributed by atoms with E-state index < -0.39 is 0 Å². The minimum Gasteiger partial charge on any atom is -0.397 e. The highest BCUT2D eigenvalue weighted by Crippen LogP contribution is 2.25. The molecule has 0 aliphatic carbocycles. The van der Waals surface area contributed by atoms with E-state index in [-0.39, 0.29) is 5.56 Å². The van der Waals surface area contributed by atoms with E-state index in [0.717, 1.165) is 9.86 Å². The molecule has 2 N–H and O–H groups in total. The maximum atomic E-state index is 12.0. The van der Waals surface area contributed by atoms with Gasteiger partial charge in [-0.05, 0) is 40.4 Å². The van der Waals surface area contributed by atoms with Gasteiger partial charge in [-0.1, -0.05) is 6.07 Å². The molecule has 4 heteroatoms. The van der Waals surface area contributed by atoms with Gasteiger partial charge in [0.25, 0.3) is 5.56 Å². The lowest BCUT2D eigenvalue weighted by Crippen LogP contribution is -2.19. The number of aromatic nitrogens is 1. The third-order valence-electron chi connectivity index (χ3n) is 2.47. The summed E-state index contributed by atoms with van der Waals surface area (Å²) >= 11 is 3.32. The lowest BCUT2D eigenvalue weighted by atomic mass is 10.1. The molecule has 0 bridgehead atoms. The molecule has 0 radical (unpaired) electrons. The average Bonchev–Trinajstić information content (AvgIpc) is 2.24. The van der Waals surface area contributed by atoms with Crippen LogP contribution >= 0.6 is 15.9 Å². The number of nitrogen functional groups attached to an aromatic ring is 1. The van der Waals surface area contributed by atoms with Crippen molar-refractivity contribution >= 4 is 32.4 Å². The maximum absolute atomic E-state index is 12.0. The van der Waals surface area contributed by atoms with Crippen molar-refractivity contribution in [3.8, 4) is 0 Å². The van der Waals surface area contributed by atoms with Crippen molar-refractivity contribution in [3.05, 3.63) is 39.2 Å². The van der Waals surface area contributed by atoms with Crippen molar-refractivity contribution < 1.29 is 0 Å². The van der Waals surface area contributed by atoms with E-state index in [2.05, 4.69) is 15.9 Å². The molecule has 0 amide bonds. The number of aryl methyl sites for hydroxylation is 1. The number of hydrogen-bond acceptors (Lipinski definition) is 2. The Bertz CT molecular complexity index is 575. The van der Waals surface area contributed by atoms with Crippen molar-refractivity contribution in [2.45, 2.75) is 13.5 Å². The van der Waals surface area contributed by atoms with Crippen molar-refractivity contribution in [2.24, 2.45) is 0 Å². The summed E-state index contributed by atoms with van der Waals surface area (Å²) in [5, 5.41) is 1.47. The first-order chi connectivity index (χ1) is 7.15. The lowest BCUT2D eigenvalue weighted by molar-refractivity contribution is 0.735. The van der Waals surface area contributed by atoms with Gasteiger partial charge in [-0.15, -0.1) is 0 Å². The molecule has 0 fully saturated rings. The van der Waals surface area contributed by atoms with Crippen LogP contribution < -0.4 is 11.3 Å². The zero-order valence-corrected chi connectivity index (χ0v) is 9.91. The molecule has 1 aromatic carbocycles. The Morgan fingerprint density at radius 2 is 2.13 bits per heavy atom.